The van der Waals surface area contributed by atoms with E-state index in [9.17, 15) is 38.2 Å². The molecule has 1 atom stereocenters. The van der Waals surface area contributed by atoms with E-state index in [1.165, 1.54) is 25.0 Å². The van der Waals surface area contributed by atoms with E-state index in [1.54, 1.807) is 19.9 Å². The summed E-state index contributed by atoms with van der Waals surface area (Å²) in [5.41, 5.74) is -5.07. The summed E-state index contributed by atoms with van der Waals surface area (Å²) >= 11 is 5.92. The predicted octanol–water partition coefficient (Wildman–Crippen LogP) is 6.02. The highest BCUT2D eigenvalue weighted by molar-refractivity contribution is 7.80. The Balaban J connectivity index is 1.74. The van der Waals surface area contributed by atoms with Crippen LogP contribution in [0.3, 0.4) is 0 Å². The number of hydrogen-bond acceptors (Lipinski definition) is 8. The van der Waals surface area contributed by atoms with Crippen LogP contribution in [0.25, 0.3) is 0 Å². The molecule has 1 amide bonds. The van der Waals surface area contributed by atoms with Gasteiger partial charge in [0.25, 0.3) is 5.91 Å². The van der Waals surface area contributed by atoms with Crippen molar-refractivity contribution in [3.05, 3.63) is 28.8 Å². The summed E-state index contributed by atoms with van der Waals surface area (Å²) in [4.78, 5) is 30.7. The molecule has 1 saturated heterocycles. The number of nitriles is 1. The minimum absolute atomic E-state index is 0.0970. The molecule has 272 valence electrons. The lowest BCUT2D eigenvalue weighted by atomic mass is 9.81. The number of hydrogen-bond donors (Lipinski definition) is 3. The van der Waals surface area contributed by atoms with Crippen LogP contribution in [-0.4, -0.2) is 75.6 Å². The van der Waals surface area contributed by atoms with Crippen molar-refractivity contribution < 1.29 is 37.7 Å². The van der Waals surface area contributed by atoms with Gasteiger partial charge in [-0.05, 0) is 140 Å². The maximum absolute atomic E-state index is 15.0. The Bertz CT molecular complexity index is 1400. The van der Waals surface area contributed by atoms with Crippen LogP contribution in [0.1, 0.15) is 115 Å². The van der Waals surface area contributed by atoms with E-state index in [0.717, 1.165) is 63.9 Å². The third-order valence-electron chi connectivity index (χ3n) is 10.9. The summed E-state index contributed by atoms with van der Waals surface area (Å²) < 4.78 is 50.1. The van der Waals surface area contributed by atoms with Crippen LogP contribution >= 0.6 is 12.2 Å². The molecule has 0 aromatic heterocycles. The van der Waals surface area contributed by atoms with Gasteiger partial charge < -0.3 is 19.8 Å². The molecule has 0 spiro atoms. The Morgan fingerprint density at radius 2 is 1.59 bits per heavy atom. The zero-order chi connectivity index (χ0) is 36.1. The number of nitrogens with one attached hydrogen (secondary N) is 1. The summed E-state index contributed by atoms with van der Waals surface area (Å²) in [6, 6.07) is 3.80. The minimum atomic E-state index is -4.98. The Morgan fingerprint density at radius 3 is 2.08 bits per heavy atom. The normalized spacial score (nSPS) is 25.6. The highest BCUT2D eigenvalue weighted by Gasteiger charge is 2.54. The summed E-state index contributed by atoms with van der Waals surface area (Å²) in [5, 5.41) is 31.7. The number of alkyl halides is 3. The summed E-state index contributed by atoms with van der Waals surface area (Å²) in [6.07, 6.45) is 4.11. The molecule has 1 unspecified atom stereocenters. The van der Waals surface area contributed by atoms with E-state index in [4.69, 9.17) is 17.0 Å². The number of nitrogens with zero attached hydrogens (tertiary/aromatic N) is 3. The fraction of sp³-hybridized carbons (Fsp3) is 0.722. The van der Waals surface area contributed by atoms with Crippen LogP contribution in [0.4, 0.5) is 18.9 Å². The van der Waals surface area contributed by atoms with Crippen molar-refractivity contribution in [3.8, 4) is 6.07 Å². The molecule has 4 rings (SSSR count). The van der Waals surface area contributed by atoms with Gasteiger partial charge in [0.2, 0.25) is 0 Å². The maximum Gasteiger partial charge on any atom is 0.418 e. The van der Waals surface area contributed by atoms with Crippen LogP contribution in [0.5, 0.6) is 0 Å². The number of aliphatic hydroxyl groups is 2. The van der Waals surface area contributed by atoms with E-state index < -0.39 is 46.7 Å². The van der Waals surface area contributed by atoms with E-state index >= 15 is 0 Å². The SMILES string of the molecule is COC(=O)C(C)(Cc1c(N2C(=O)C(C)(C)N(C3CCC(CCCO)CC3)C2=S)ccc(C#N)c1C(F)(F)F)NC1CCC(CCCO)CC1. The van der Waals surface area contributed by atoms with Crippen LogP contribution in [-0.2, 0) is 26.9 Å². The summed E-state index contributed by atoms with van der Waals surface area (Å²) in [5.74, 6) is -0.359. The predicted molar refractivity (Wildman–Crippen MR) is 184 cm³/mol. The molecule has 1 aromatic carbocycles. The topological polar surface area (TPSA) is 126 Å². The Hall–Kier alpha value is -2.79. The van der Waals surface area contributed by atoms with Crippen molar-refractivity contribution in [1.82, 2.24) is 10.2 Å². The number of methoxy groups -OCH3 is 1. The Kier molecular flexibility index (Phi) is 12.8. The number of rotatable bonds is 13. The molecule has 3 aliphatic rings. The van der Waals surface area contributed by atoms with Gasteiger partial charge in [0.1, 0.15) is 11.1 Å². The van der Waals surface area contributed by atoms with Gasteiger partial charge in [0.15, 0.2) is 5.11 Å². The van der Waals surface area contributed by atoms with E-state index in [1.807, 2.05) is 4.90 Å². The first kappa shape index (κ1) is 39.0. The van der Waals surface area contributed by atoms with Gasteiger partial charge in [-0.1, -0.05) is 0 Å². The van der Waals surface area contributed by atoms with Crippen molar-refractivity contribution in [1.29, 1.82) is 5.26 Å². The van der Waals surface area contributed by atoms with Crippen molar-refractivity contribution >= 4 is 34.9 Å². The highest BCUT2D eigenvalue weighted by atomic mass is 32.1. The maximum atomic E-state index is 15.0. The average Bonchev–Trinajstić information content (AvgIpc) is 3.24. The molecule has 9 nitrogen and oxygen atoms in total. The van der Waals surface area contributed by atoms with Crippen LogP contribution in [0.2, 0.25) is 0 Å². The molecular formula is C36H51F3N4O5S. The number of benzene rings is 1. The van der Waals surface area contributed by atoms with Crippen molar-refractivity contribution in [3.63, 3.8) is 0 Å². The van der Waals surface area contributed by atoms with E-state index in [0.29, 0.717) is 31.1 Å². The smallest absolute Gasteiger partial charge is 0.418 e. The fourth-order valence-corrected chi connectivity index (χ4v) is 8.89. The number of esters is 1. The minimum Gasteiger partial charge on any atom is -0.468 e. The number of ether oxygens (including phenoxy) is 1. The third-order valence-corrected chi connectivity index (χ3v) is 11.3. The van der Waals surface area contributed by atoms with Gasteiger partial charge in [-0.2, -0.15) is 18.4 Å². The second-order valence-corrected chi connectivity index (χ2v) is 15.1. The summed E-state index contributed by atoms with van der Waals surface area (Å²) in [6.45, 7) is 5.22. The van der Waals surface area contributed by atoms with Crippen LogP contribution < -0.4 is 10.2 Å². The van der Waals surface area contributed by atoms with Crippen molar-refractivity contribution in [2.45, 2.75) is 134 Å². The first-order valence-electron chi connectivity index (χ1n) is 17.5. The Labute approximate surface area is 293 Å². The lowest BCUT2D eigenvalue weighted by molar-refractivity contribution is -0.149. The van der Waals surface area contributed by atoms with Gasteiger partial charge in [-0.25, -0.2) is 0 Å². The van der Waals surface area contributed by atoms with E-state index in [2.05, 4.69) is 5.32 Å². The number of amides is 1. The first-order valence-corrected chi connectivity index (χ1v) is 17.9. The summed E-state index contributed by atoms with van der Waals surface area (Å²) in [7, 11) is 1.18. The van der Waals surface area contributed by atoms with Crippen molar-refractivity contribution in [2.24, 2.45) is 11.8 Å². The fourth-order valence-electron chi connectivity index (χ4n) is 8.34. The van der Waals surface area contributed by atoms with Gasteiger partial charge in [0.05, 0.1) is 30.0 Å². The number of thiocarbonyl (C=S) groups is 1. The molecule has 1 heterocycles. The molecule has 13 heteroatoms. The van der Waals surface area contributed by atoms with Crippen LogP contribution in [0.15, 0.2) is 12.1 Å². The second kappa shape index (κ2) is 16.0. The average molecular weight is 709 g/mol. The molecule has 0 radical (unpaired) electrons. The highest BCUT2D eigenvalue weighted by Crippen LogP contribution is 2.45. The zero-order valence-corrected chi connectivity index (χ0v) is 29.9. The number of carbonyl (C=O) groups excluding carboxylic acids is 2. The molecule has 3 N–H and O–H groups in total. The molecule has 2 aliphatic carbocycles. The van der Waals surface area contributed by atoms with E-state index in [-0.39, 0.29) is 41.7 Å². The Morgan fingerprint density at radius 1 is 1.04 bits per heavy atom. The number of halogens is 3. The molecular weight excluding hydrogens is 657 g/mol. The first-order chi connectivity index (χ1) is 23.1. The molecule has 0 bridgehead atoms. The number of anilines is 1. The molecule has 3 fully saturated rings. The lowest BCUT2D eigenvalue weighted by Crippen LogP contribution is -2.56. The second-order valence-electron chi connectivity index (χ2n) is 14.7. The largest absolute Gasteiger partial charge is 0.468 e. The van der Waals surface area contributed by atoms with Crippen molar-refractivity contribution in [2.75, 3.05) is 25.2 Å². The molecule has 1 aliphatic heterocycles. The standard InChI is InChI=1S/C36H51F3N4O5S/c1-34(2)31(46)42(33(49)43(34)27-16-11-24(12-17-27)8-6-20-45)29-18-13-25(22-40)30(36(37,38)39)28(29)21-35(3,32(47)48-4)41-26-14-9-23(10-15-26)7-5-19-44/h13,18,23-24,26-27,41,44-45H,5-12,14-17,19-21H2,1-4H3. The van der Waals surface area contributed by atoms with Crippen LogP contribution in [0, 0.1) is 23.2 Å². The van der Waals surface area contributed by atoms with Gasteiger partial charge in [-0.15, -0.1) is 0 Å². The molecule has 49 heavy (non-hydrogen) atoms. The quantitative estimate of drug-likeness (QED) is 0.167. The molecule has 2 saturated carbocycles. The van der Waals surface area contributed by atoms with Gasteiger partial charge in [-0.3, -0.25) is 19.8 Å². The number of aliphatic hydroxyl groups excluding tert-OH is 2. The van der Waals surface area contributed by atoms with Gasteiger partial charge in [0, 0.05) is 31.7 Å². The monoisotopic (exact) mass is 708 g/mol. The third kappa shape index (κ3) is 8.41. The number of carbonyl (C=O) groups is 2. The molecule has 1 aromatic rings. The lowest BCUT2D eigenvalue weighted by Gasteiger charge is -2.41. The zero-order valence-electron chi connectivity index (χ0n) is 29.1. The van der Waals surface area contributed by atoms with Gasteiger partial charge >= 0.3 is 12.1 Å².